The van der Waals surface area contributed by atoms with Crippen molar-refractivity contribution in [2.45, 2.75) is 25.4 Å². The summed E-state index contributed by atoms with van der Waals surface area (Å²) in [6.07, 6.45) is 2.26. The van der Waals surface area contributed by atoms with Crippen molar-refractivity contribution in [1.29, 1.82) is 0 Å². The summed E-state index contributed by atoms with van der Waals surface area (Å²) in [5.41, 5.74) is -0.902. The molecule has 0 radical (unpaired) electrons. The third-order valence-corrected chi connectivity index (χ3v) is 3.30. The molecule has 1 N–H and O–H groups in total. The van der Waals surface area contributed by atoms with Gasteiger partial charge in [-0.15, -0.1) is 0 Å². The molecule has 1 fully saturated rings. The number of rotatable bonds is 5. The first-order valence-corrected chi connectivity index (χ1v) is 6.50. The van der Waals surface area contributed by atoms with Crippen LogP contribution in [0.1, 0.15) is 18.6 Å². The van der Waals surface area contributed by atoms with Crippen LogP contribution >= 0.6 is 0 Å². The first-order chi connectivity index (χ1) is 10.0. The molecular weight excluding hydrogens is 282 g/mol. The minimum absolute atomic E-state index is 0.124. The molecule has 1 aromatic heterocycles. The monoisotopic (exact) mass is 294 g/mol. The molecule has 1 heterocycles. The minimum atomic E-state index is -1.21. The minimum Gasteiger partial charge on any atom is -0.460 e. The SMILES string of the molecule is O=[N+]([O-])c1cc(-c2ccc(CNC3CC3)o2)c(F)cc1F. The van der Waals surface area contributed by atoms with Gasteiger partial charge >= 0.3 is 5.69 Å². The summed E-state index contributed by atoms with van der Waals surface area (Å²) < 4.78 is 32.5. The zero-order valence-electron chi connectivity index (χ0n) is 10.9. The quantitative estimate of drug-likeness (QED) is 0.678. The van der Waals surface area contributed by atoms with Gasteiger partial charge in [-0.3, -0.25) is 10.1 Å². The zero-order chi connectivity index (χ0) is 15.0. The lowest BCUT2D eigenvalue weighted by molar-refractivity contribution is -0.387. The fraction of sp³-hybridized carbons (Fsp3) is 0.286. The molecule has 0 amide bonds. The van der Waals surface area contributed by atoms with E-state index >= 15 is 0 Å². The molecule has 0 aliphatic heterocycles. The second kappa shape index (κ2) is 5.25. The number of hydrogen-bond donors (Lipinski definition) is 1. The van der Waals surface area contributed by atoms with E-state index in [1.807, 2.05) is 0 Å². The Labute approximate surface area is 118 Å². The maximum absolute atomic E-state index is 13.8. The number of halogens is 2. The summed E-state index contributed by atoms with van der Waals surface area (Å²) >= 11 is 0. The third kappa shape index (κ3) is 2.92. The zero-order valence-corrected chi connectivity index (χ0v) is 10.9. The van der Waals surface area contributed by atoms with Crippen molar-refractivity contribution < 1.29 is 18.1 Å². The van der Waals surface area contributed by atoms with Crippen molar-refractivity contribution in [3.8, 4) is 11.3 Å². The maximum Gasteiger partial charge on any atom is 0.305 e. The molecule has 0 unspecified atom stereocenters. The van der Waals surface area contributed by atoms with Crippen LogP contribution < -0.4 is 5.32 Å². The van der Waals surface area contributed by atoms with Crippen LogP contribution in [0.4, 0.5) is 14.5 Å². The predicted octanol–water partition coefficient (Wildman–Crippen LogP) is 3.39. The highest BCUT2D eigenvalue weighted by atomic mass is 19.1. The first-order valence-electron chi connectivity index (χ1n) is 6.50. The van der Waals surface area contributed by atoms with Crippen LogP contribution in [-0.4, -0.2) is 11.0 Å². The molecule has 21 heavy (non-hydrogen) atoms. The molecule has 0 atom stereocenters. The Morgan fingerprint density at radius 3 is 2.71 bits per heavy atom. The van der Waals surface area contributed by atoms with Crippen molar-refractivity contribution in [2.75, 3.05) is 0 Å². The molecule has 0 bridgehead atoms. The summed E-state index contributed by atoms with van der Waals surface area (Å²) in [5.74, 6) is -1.36. The molecule has 1 saturated carbocycles. The lowest BCUT2D eigenvalue weighted by Crippen LogP contribution is -2.14. The van der Waals surface area contributed by atoms with Gasteiger partial charge in [0, 0.05) is 18.2 Å². The molecule has 1 aliphatic rings. The summed E-state index contributed by atoms with van der Waals surface area (Å²) in [6, 6.07) is 5.03. The van der Waals surface area contributed by atoms with Crippen LogP contribution in [0.15, 0.2) is 28.7 Å². The van der Waals surface area contributed by atoms with E-state index in [9.17, 15) is 18.9 Å². The van der Waals surface area contributed by atoms with E-state index < -0.39 is 22.2 Å². The molecule has 0 saturated heterocycles. The van der Waals surface area contributed by atoms with Crippen LogP contribution in [0.3, 0.4) is 0 Å². The van der Waals surface area contributed by atoms with Crippen molar-refractivity contribution in [2.24, 2.45) is 0 Å². The predicted molar refractivity (Wildman–Crippen MR) is 70.6 cm³/mol. The van der Waals surface area contributed by atoms with Gasteiger partial charge in [0.1, 0.15) is 17.3 Å². The topological polar surface area (TPSA) is 68.3 Å². The van der Waals surface area contributed by atoms with Gasteiger partial charge in [-0.2, -0.15) is 4.39 Å². The molecular formula is C14H12F2N2O3. The van der Waals surface area contributed by atoms with Gasteiger partial charge in [-0.25, -0.2) is 4.39 Å². The Morgan fingerprint density at radius 1 is 1.29 bits per heavy atom. The van der Waals surface area contributed by atoms with Crippen molar-refractivity contribution >= 4 is 5.69 Å². The molecule has 110 valence electrons. The Kier molecular flexibility index (Phi) is 3.42. The second-order valence-corrected chi connectivity index (χ2v) is 4.96. The second-order valence-electron chi connectivity index (χ2n) is 4.96. The number of nitrogens with one attached hydrogen (secondary N) is 1. The van der Waals surface area contributed by atoms with E-state index in [2.05, 4.69) is 5.32 Å². The highest BCUT2D eigenvalue weighted by Crippen LogP contribution is 2.31. The van der Waals surface area contributed by atoms with E-state index in [1.165, 1.54) is 6.07 Å². The van der Waals surface area contributed by atoms with Gasteiger partial charge in [0.15, 0.2) is 0 Å². The highest BCUT2D eigenvalue weighted by molar-refractivity contribution is 5.62. The standard InChI is InChI=1S/C14H12F2N2O3/c15-11-6-12(16)13(18(19)20)5-10(11)14-4-3-9(21-14)7-17-8-1-2-8/h3-6,8,17H,1-2,7H2. The van der Waals surface area contributed by atoms with Gasteiger partial charge in [0.05, 0.1) is 17.0 Å². The fourth-order valence-electron chi connectivity index (χ4n) is 2.02. The summed E-state index contributed by atoms with van der Waals surface area (Å²) in [7, 11) is 0. The fourth-order valence-corrected chi connectivity index (χ4v) is 2.02. The van der Waals surface area contributed by atoms with Crippen LogP contribution in [0.2, 0.25) is 0 Å². The van der Waals surface area contributed by atoms with E-state index in [0.29, 0.717) is 24.4 Å². The van der Waals surface area contributed by atoms with Gasteiger partial charge in [0.25, 0.3) is 0 Å². The molecule has 2 aromatic rings. The molecule has 1 aromatic carbocycles. The number of furan rings is 1. The maximum atomic E-state index is 13.8. The number of nitrogens with zero attached hydrogens (tertiary/aromatic N) is 1. The largest absolute Gasteiger partial charge is 0.460 e. The molecule has 3 rings (SSSR count). The Balaban J connectivity index is 1.88. The third-order valence-electron chi connectivity index (χ3n) is 3.30. The lowest BCUT2D eigenvalue weighted by atomic mass is 10.1. The van der Waals surface area contributed by atoms with Crippen LogP contribution in [0.25, 0.3) is 11.3 Å². The molecule has 1 aliphatic carbocycles. The van der Waals surface area contributed by atoms with Crippen molar-refractivity contribution in [1.82, 2.24) is 5.32 Å². The van der Waals surface area contributed by atoms with Crippen LogP contribution in [-0.2, 0) is 6.54 Å². The number of hydrogen-bond acceptors (Lipinski definition) is 4. The molecule has 7 heteroatoms. The van der Waals surface area contributed by atoms with E-state index in [0.717, 1.165) is 18.9 Å². The number of nitro benzene ring substituents is 1. The Hall–Kier alpha value is -2.28. The normalized spacial score (nSPS) is 14.4. The average Bonchev–Trinajstić information content (AvgIpc) is 3.14. The van der Waals surface area contributed by atoms with Gasteiger partial charge in [-0.1, -0.05) is 0 Å². The van der Waals surface area contributed by atoms with Crippen molar-refractivity contribution in [3.05, 3.63) is 51.8 Å². The number of benzene rings is 1. The average molecular weight is 294 g/mol. The Morgan fingerprint density at radius 2 is 2.05 bits per heavy atom. The molecule has 0 spiro atoms. The van der Waals surface area contributed by atoms with E-state index in [4.69, 9.17) is 4.42 Å². The van der Waals surface area contributed by atoms with Gasteiger partial charge < -0.3 is 9.73 Å². The highest BCUT2D eigenvalue weighted by Gasteiger charge is 2.22. The van der Waals surface area contributed by atoms with Crippen LogP contribution in [0, 0.1) is 21.7 Å². The van der Waals surface area contributed by atoms with Crippen LogP contribution in [0.5, 0.6) is 0 Å². The summed E-state index contributed by atoms with van der Waals surface area (Å²) in [4.78, 5) is 9.82. The summed E-state index contributed by atoms with van der Waals surface area (Å²) in [5, 5.41) is 13.9. The van der Waals surface area contributed by atoms with Gasteiger partial charge in [0.2, 0.25) is 5.82 Å². The van der Waals surface area contributed by atoms with Gasteiger partial charge in [-0.05, 0) is 25.0 Å². The molecule has 5 nitrogen and oxygen atoms in total. The van der Waals surface area contributed by atoms with E-state index in [-0.39, 0.29) is 11.3 Å². The van der Waals surface area contributed by atoms with Crippen molar-refractivity contribution in [3.63, 3.8) is 0 Å². The van der Waals surface area contributed by atoms with E-state index in [1.54, 1.807) is 6.07 Å². The lowest BCUT2D eigenvalue weighted by Gasteiger charge is -2.02. The summed E-state index contributed by atoms with van der Waals surface area (Å²) in [6.45, 7) is 0.509. The smallest absolute Gasteiger partial charge is 0.305 e. The first kappa shape index (κ1) is 13.7. The number of nitro groups is 1. The Bertz CT molecular complexity index is 696.